The lowest BCUT2D eigenvalue weighted by atomic mass is 10.3. The summed E-state index contributed by atoms with van der Waals surface area (Å²) in [5.41, 5.74) is 0. The molecule has 0 radical (unpaired) electrons. The fourth-order valence-corrected chi connectivity index (χ4v) is 1.44. The molecule has 0 aliphatic carbocycles. The van der Waals surface area contributed by atoms with E-state index in [4.69, 9.17) is 24.7 Å². The molecule has 2 rings (SSSR count). The Kier molecular flexibility index (Phi) is 3.84. The first-order chi connectivity index (χ1) is 9.31. The second-order valence-corrected chi connectivity index (χ2v) is 3.44. The van der Waals surface area contributed by atoms with E-state index in [1.165, 1.54) is 0 Å². The van der Waals surface area contributed by atoms with Gasteiger partial charge >= 0.3 is 0 Å². The van der Waals surface area contributed by atoms with Crippen LogP contribution < -0.4 is 14.2 Å². The molecule has 0 bridgehead atoms. The van der Waals surface area contributed by atoms with Crippen molar-refractivity contribution in [2.45, 2.75) is 0 Å². The van der Waals surface area contributed by atoms with Crippen LogP contribution in [0.2, 0.25) is 0 Å². The van der Waals surface area contributed by atoms with Crippen LogP contribution in [0.15, 0.2) is 48.5 Å². The van der Waals surface area contributed by atoms with Crippen LogP contribution in [-0.4, -0.2) is 0 Å². The topological polar surface area (TPSA) is 75.3 Å². The van der Waals surface area contributed by atoms with Crippen LogP contribution >= 0.6 is 0 Å². The molecule has 0 amide bonds. The number of rotatable bonds is 4. The van der Waals surface area contributed by atoms with Crippen LogP contribution in [0.4, 0.5) is 0 Å². The molecular weight excluding hydrogens is 244 g/mol. The van der Waals surface area contributed by atoms with Crippen molar-refractivity contribution in [3.05, 3.63) is 48.5 Å². The highest BCUT2D eigenvalue weighted by Crippen LogP contribution is 2.27. The third-order valence-electron chi connectivity index (χ3n) is 2.17. The van der Waals surface area contributed by atoms with Crippen LogP contribution in [-0.2, 0) is 0 Å². The van der Waals surface area contributed by atoms with E-state index < -0.39 is 0 Å². The van der Waals surface area contributed by atoms with Gasteiger partial charge in [0.15, 0.2) is 0 Å². The van der Waals surface area contributed by atoms with Crippen LogP contribution in [0, 0.1) is 23.0 Å². The lowest BCUT2D eigenvalue weighted by Gasteiger charge is -2.07. The minimum absolute atomic E-state index is 0.393. The number of hydrogen-bond acceptors (Lipinski definition) is 5. The second-order valence-electron chi connectivity index (χ2n) is 3.44. The first kappa shape index (κ1) is 12.3. The molecule has 0 aliphatic rings. The van der Waals surface area contributed by atoms with Crippen molar-refractivity contribution in [2.24, 2.45) is 0 Å². The number of nitrogens with zero attached hydrogens (tertiary/aromatic N) is 2. The van der Waals surface area contributed by atoms with Gasteiger partial charge in [-0.1, -0.05) is 12.1 Å². The summed E-state index contributed by atoms with van der Waals surface area (Å²) in [6, 6.07) is 13.3. The SMILES string of the molecule is N#COc1cccc(Oc2cccc(OC#N)c2)c1. The van der Waals surface area contributed by atoms with Crippen LogP contribution in [0.25, 0.3) is 0 Å². The molecule has 19 heavy (non-hydrogen) atoms. The van der Waals surface area contributed by atoms with Crippen molar-refractivity contribution < 1.29 is 14.2 Å². The van der Waals surface area contributed by atoms with E-state index in [1.54, 1.807) is 61.0 Å². The Hall–Kier alpha value is -3.18. The number of benzene rings is 2. The van der Waals surface area contributed by atoms with Crippen molar-refractivity contribution in [3.8, 4) is 35.5 Å². The van der Waals surface area contributed by atoms with Gasteiger partial charge in [0.05, 0.1) is 0 Å². The van der Waals surface area contributed by atoms with Crippen molar-refractivity contribution >= 4 is 0 Å². The van der Waals surface area contributed by atoms with Gasteiger partial charge in [-0.25, -0.2) is 0 Å². The summed E-state index contributed by atoms with van der Waals surface area (Å²) in [7, 11) is 0. The molecule has 92 valence electrons. The van der Waals surface area contributed by atoms with E-state index in [9.17, 15) is 0 Å². The molecule has 0 saturated heterocycles. The monoisotopic (exact) mass is 252 g/mol. The van der Waals surface area contributed by atoms with E-state index in [0.717, 1.165) is 0 Å². The molecule has 0 atom stereocenters. The maximum Gasteiger partial charge on any atom is 0.292 e. The van der Waals surface area contributed by atoms with E-state index in [1.807, 2.05) is 0 Å². The highest BCUT2D eigenvalue weighted by molar-refractivity contribution is 5.40. The Morgan fingerprint density at radius 3 is 1.53 bits per heavy atom. The molecule has 0 heterocycles. The summed E-state index contributed by atoms with van der Waals surface area (Å²) >= 11 is 0. The van der Waals surface area contributed by atoms with Crippen LogP contribution in [0.1, 0.15) is 0 Å². The van der Waals surface area contributed by atoms with Gasteiger partial charge in [-0.15, -0.1) is 10.5 Å². The van der Waals surface area contributed by atoms with E-state index in [-0.39, 0.29) is 0 Å². The normalized spacial score (nSPS) is 8.95. The standard InChI is InChI=1S/C14H8N2O3/c15-9-17-11-3-1-5-13(7-11)19-14-6-2-4-12(8-14)18-10-16/h1-8H. The maximum atomic E-state index is 8.44. The van der Waals surface area contributed by atoms with Gasteiger partial charge in [-0.3, -0.25) is 0 Å². The quantitative estimate of drug-likeness (QED) is 0.781. The average Bonchev–Trinajstić information content (AvgIpc) is 2.40. The fourth-order valence-electron chi connectivity index (χ4n) is 1.44. The van der Waals surface area contributed by atoms with Gasteiger partial charge in [-0.2, -0.15) is 0 Å². The zero-order chi connectivity index (χ0) is 13.5. The average molecular weight is 252 g/mol. The van der Waals surface area contributed by atoms with Crippen molar-refractivity contribution in [3.63, 3.8) is 0 Å². The summed E-state index contributed by atoms with van der Waals surface area (Å²) in [5.74, 6) is 1.82. The second kappa shape index (κ2) is 5.95. The Balaban J connectivity index is 2.17. The van der Waals surface area contributed by atoms with Gasteiger partial charge in [0.1, 0.15) is 23.0 Å². The van der Waals surface area contributed by atoms with E-state index in [0.29, 0.717) is 23.0 Å². The van der Waals surface area contributed by atoms with Crippen molar-refractivity contribution in [1.29, 1.82) is 10.5 Å². The van der Waals surface area contributed by atoms with Gasteiger partial charge in [0, 0.05) is 12.1 Å². The molecule has 0 spiro atoms. The molecular formula is C14H8N2O3. The first-order valence-corrected chi connectivity index (χ1v) is 5.31. The molecule has 0 saturated carbocycles. The summed E-state index contributed by atoms with van der Waals surface area (Å²) in [5, 5.41) is 16.9. The Morgan fingerprint density at radius 1 is 0.684 bits per heavy atom. The van der Waals surface area contributed by atoms with E-state index in [2.05, 4.69) is 0 Å². The zero-order valence-corrected chi connectivity index (χ0v) is 9.74. The number of hydrogen-bond donors (Lipinski definition) is 0. The van der Waals surface area contributed by atoms with Crippen LogP contribution in [0.5, 0.6) is 23.0 Å². The fraction of sp³-hybridized carbons (Fsp3) is 0. The lowest BCUT2D eigenvalue weighted by molar-refractivity contribution is 0.461. The number of ether oxygens (including phenoxy) is 3. The Bertz CT molecular complexity index is 599. The lowest BCUT2D eigenvalue weighted by Crippen LogP contribution is -1.87. The zero-order valence-electron chi connectivity index (χ0n) is 9.74. The molecule has 0 aliphatic heterocycles. The van der Waals surface area contributed by atoms with Crippen LogP contribution in [0.3, 0.4) is 0 Å². The summed E-state index contributed by atoms with van der Waals surface area (Å²) in [4.78, 5) is 0. The van der Waals surface area contributed by atoms with Gasteiger partial charge < -0.3 is 14.2 Å². The maximum absolute atomic E-state index is 8.44. The molecule has 2 aromatic rings. The largest absolute Gasteiger partial charge is 0.457 e. The van der Waals surface area contributed by atoms with Crippen molar-refractivity contribution in [1.82, 2.24) is 0 Å². The predicted molar refractivity (Wildman–Crippen MR) is 65.4 cm³/mol. The van der Waals surface area contributed by atoms with Gasteiger partial charge in [0.2, 0.25) is 0 Å². The third kappa shape index (κ3) is 3.39. The smallest absolute Gasteiger partial charge is 0.292 e. The highest BCUT2D eigenvalue weighted by atomic mass is 16.5. The molecule has 5 heteroatoms. The molecule has 0 unspecified atom stereocenters. The van der Waals surface area contributed by atoms with Gasteiger partial charge in [0.25, 0.3) is 12.5 Å². The van der Waals surface area contributed by atoms with Gasteiger partial charge in [-0.05, 0) is 24.3 Å². The summed E-state index contributed by atoms with van der Waals surface area (Å²) in [6.07, 6.45) is 3.18. The molecule has 5 nitrogen and oxygen atoms in total. The van der Waals surface area contributed by atoms with E-state index >= 15 is 0 Å². The Morgan fingerprint density at radius 2 is 1.11 bits per heavy atom. The molecule has 0 aromatic heterocycles. The highest BCUT2D eigenvalue weighted by Gasteiger charge is 2.02. The molecule has 0 N–H and O–H groups in total. The summed E-state index contributed by atoms with van der Waals surface area (Å²) in [6.45, 7) is 0. The molecule has 0 fully saturated rings. The minimum Gasteiger partial charge on any atom is -0.457 e. The predicted octanol–water partition coefficient (Wildman–Crippen LogP) is 3.20. The number of nitriles is 2. The minimum atomic E-state index is 0.393. The first-order valence-electron chi connectivity index (χ1n) is 5.31. The summed E-state index contributed by atoms with van der Waals surface area (Å²) < 4.78 is 15.0. The Labute approximate surface area is 109 Å². The van der Waals surface area contributed by atoms with Crippen molar-refractivity contribution in [2.75, 3.05) is 0 Å². The molecule has 2 aromatic carbocycles. The third-order valence-corrected chi connectivity index (χ3v) is 2.17.